The second-order valence-electron chi connectivity index (χ2n) is 9.10. The van der Waals surface area contributed by atoms with E-state index in [1.54, 1.807) is 20.3 Å². The molecule has 178 valence electrons. The summed E-state index contributed by atoms with van der Waals surface area (Å²) in [4.78, 5) is 26.6. The third-order valence-corrected chi connectivity index (χ3v) is 8.26. The third kappa shape index (κ3) is 4.58. The zero-order valence-electron chi connectivity index (χ0n) is 18.8. The second-order valence-corrected chi connectivity index (χ2v) is 10.6. The fraction of sp³-hybridized carbons (Fsp3) is 0.500. The Morgan fingerprint density at radius 2 is 1.76 bits per heavy atom. The van der Waals surface area contributed by atoms with Gasteiger partial charge in [-0.15, -0.1) is 0 Å². The number of hydrogen-bond donors (Lipinski definition) is 2. The van der Waals surface area contributed by atoms with E-state index in [1.165, 1.54) is 26.9 Å². The standard InChI is InChI=1S/C22H28N6O4S.Na.H/c1-26-12-16(10-20(26)29)28(17-11-23-27(2)13-17)33(31,32)25-22(30)24-21-18-7-3-5-14(18)9-15-6-4-8-19(15)21;;/h9,11,13,16H,3-8,10,12H2,1-2H3,(H2,24,25,30);;. The summed E-state index contributed by atoms with van der Waals surface area (Å²) in [6.07, 6.45) is 8.79. The first-order chi connectivity index (χ1) is 15.7. The Kier molecular flexibility index (Phi) is 7.01. The van der Waals surface area contributed by atoms with Crippen LogP contribution in [-0.2, 0) is 47.7 Å². The molecule has 1 aliphatic heterocycles. The summed E-state index contributed by atoms with van der Waals surface area (Å²) in [6.45, 7) is 0.232. The van der Waals surface area contributed by atoms with Crippen LogP contribution in [-0.4, -0.2) is 84.2 Å². The molecule has 2 aromatic rings. The molecule has 1 aromatic heterocycles. The second kappa shape index (κ2) is 9.52. The Labute approximate surface area is 221 Å². The molecular formula is C22H29N6NaO4S. The Bertz CT molecular complexity index is 1210. The van der Waals surface area contributed by atoms with Crippen LogP contribution in [0.3, 0.4) is 0 Å². The molecule has 0 bridgehead atoms. The number of fused-ring (bicyclic) bond motifs is 2. The van der Waals surface area contributed by atoms with Crippen molar-refractivity contribution in [3.8, 4) is 0 Å². The summed E-state index contributed by atoms with van der Waals surface area (Å²) in [5.74, 6) is -0.149. The Balaban J connectivity index is 0.00000274. The number of nitrogens with one attached hydrogen (secondary N) is 2. The number of anilines is 2. The number of nitrogens with zero attached hydrogens (tertiary/aromatic N) is 4. The molecule has 10 nitrogen and oxygen atoms in total. The van der Waals surface area contributed by atoms with E-state index in [4.69, 9.17) is 0 Å². The number of carbonyl (C=O) groups excluding carboxylic acids is 2. The van der Waals surface area contributed by atoms with E-state index in [0.717, 1.165) is 59.6 Å². The van der Waals surface area contributed by atoms with Crippen molar-refractivity contribution in [1.29, 1.82) is 0 Å². The molecule has 1 unspecified atom stereocenters. The first-order valence-corrected chi connectivity index (χ1v) is 12.7. The van der Waals surface area contributed by atoms with Crippen LogP contribution in [0, 0.1) is 0 Å². The monoisotopic (exact) mass is 496 g/mol. The zero-order chi connectivity index (χ0) is 23.3. The minimum absolute atomic E-state index is 0. The van der Waals surface area contributed by atoms with Gasteiger partial charge in [0, 0.05) is 32.5 Å². The molecule has 3 amide bonds. The third-order valence-electron chi connectivity index (χ3n) is 6.79. The van der Waals surface area contributed by atoms with Gasteiger partial charge in [0.25, 0.3) is 0 Å². The van der Waals surface area contributed by atoms with Gasteiger partial charge in [-0.1, -0.05) is 6.07 Å². The zero-order valence-corrected chi connectivity index (χ0v) is 19.6. The van der Waals surface area contributed by atoms with E-state index in [9.17, 15) is 18.0 Å². The van der Waals surface area contributed by atoms with Gasteiger partial charge in [-0.25, -0.2) is 13.8 Å². The van der Waals surface area contributed by atoms with Crippen molar-refractivity contribution < 1.29 is 18.0 Å². The van der Waals surface area contributed by atoms with Crippen molar-refractivity contribution in [3.63, 3.8) is 0 Å². The number of likely N-dealkylation sites (tertiary alicyclic amines) is 1. The number of carbonyl (C=O) groups is 2. The van der Waals surface area contributed by atoms with Crippen LogP contribution >= 0.6 is 0 Å². The van der Waals surface area contributed by atoms with Crippen molar-refractivity contribution in [1.82, 2.24) is 19.4 Å². The van der Waals surface area contributed by atoms with Crippen LogP contribution in [0.25, 0.3) is 0 Å². The summed E-state index contributed by atoms with van der Waals surface area (Å²) >= 11 is 0. The van der Waals surface area contributed by atoms with Gasteiger partial charge in [-0.05, 0) is 60.8 Å². The number of aromatic nitrogens is 2. The molecule has 1 atom stereocenters. The molecule has 0 saturated carbocycles. The first-order valence-electron chi connectivity index (χ1n) is 11.2. The molecule has 2 aliphatic carbocycles. The molecular weight excluding hydrogens is 467 g/mol. The normalized spacial score (nSPS) is 18.9. The summed E-state index contributed by atoms with van der Waals surface area (Å²) in [5, 5.41) is 6.93. The molecule has 1 fully saturated rings. The Morgan fingerprint density at radius 1 is 1.12 bits per heavy atom. The molecule has 0 radical (unpaired) electrons. The number of urea groups is 1. The van der Waals surface area contributed by atoms with Crippen LogP contribution in [0.2, 0.25) is 0 Å². The van der Waals surface area contributed by atoms with Gasteiger partial charge in [0.15, 0.2) is 0 Å². The summed E-state index contributed by atoms with van der Waals surface area (Å²) in [5.41, 5.74) is 5.81. The summed E-state index contributed by atoms with van der Waals surface area (Å²) in [6, 6.07) is 0.820. The summed E-state index contributed by atoms with van der Waals surface area (Å²) in [7, 11) is -0.991. The first kappa shape index (κ1) is 25.0. The van der Waals surface area contributed by atoms with Gasteiger partial charge in [0.05, 0.1) is 24.3 Å². The van der Waals surface area contributed by atoms with Crippen molar-refractivity contribution in [3.05, 3.63) is 40.7 Å². The molecule has 1 aromatic carbocycles. The maximum absolute atomic E-state index is 13.4. The van der Waals surface area contributed by atoms with E-state index in [0.29, 0.717) is 5.69 Å². The fourth-order valence-corrected chi connectivity index (χ4v) is 6.63. The van der Waals surface area contributed by atoms with E-state index >= 15 is 0 Å². The van der Waals surface area contributed by atoms with Crippen molar-refractivity contribution in [2.75, 3.05) is 23.2 Å². The molecule has 1 saturated heterocycles. The van der Waals surface area contributed by atoms with Gasteiger partial charge in [-0.2, -0.15) is 13.5 Å². The van der Waals surface area contributed by atoms with Gasteiger partial charge >= 0.3 is 45.8 Å². The van der Waals surface area contributed by atoms with E-state index in [-0.39, 0.29) is 48.4 Å². The molecule has 5 rings (SSSR count). The quantitative estimate of drug-likeness (QED) is 0.596. The molecule has 2 heterocycles. The van der Waals surface area contributed by atoms with Crippen molar-refractivity contribution in [2.24, 2.45) is 7.05 Å². The van der Waals surface area contributed by atoms with Crippen LogP contribution in [0.4, 0.5) is 16.2 Å². The van der Waals surface area contributed by atoms with E-state index in [1.807, 2.05) is 0 Å². The van der Waals surface area contributed by atoms with Crippen molar-refractivity contribution in [2.45, 2.75) is 51.0 Å². The molecule has 0 spiro atoms. The molecule has 2 N–H and O–H groups in total. The van der Waals surface area contributed by atoms with Crippen LogP contribution < -0.4 is 14.3 Å². The number of aryl methyl sites for hydroxylation is 3. The van der Waals surface area contributed by atoms with Gasteiger partial charge in [0.2, 0.25) is 5.91 Å². The topological polar surface area (TPSA) is 117 Å². The SMILES string of the molecule is CN1CC(N(c2cnn(C)c2)S(=O)(=O)NC(=O)Nc2c3c(cc4c2CCC4)CCC3)CC1=O.[NaH]. The summed E-state index contributed by atoms with van der Waals surface area (Å²) < 4.78 is 31.6. The number of hydrogen-bond acceptors (Lipinski definition) is 5. The van der Waals surface area contributed by atoms with Crippen LogP contribution in [0.1, 0.15) is 41.5 Å². The molecule has 12 heteroatoms. The van der Waals surface area contributed by atoms with Gasteiger partial charge in [0.1, 0.15) is 0 Å². The number of likely N-dealkylation sites (N-methyl/N-ethyl adjacent to an activating group) is 1. The predicted molar refractivity (Wildman–Crippen MR) is 130 cm³/mol. The number of rotatable bonds is 5. The van der Waals surface area contributed by atoms with Gasteiger partial charge in [-0.3, -0.25) is 9.48 Å². The maximum atomic E-state index is 13.4. The van der Waals surface area contributed by atoms with Crippen LogP contribution in [0.15, 0.2) is 18.5 Å². The van der Waals surface area contributed by atoms with E-state index < -0.39 is 22.3 Å². The Hall–Kier alpha value is -2.08. The van der Waals surface area contributed by atoms with Crippen molar-refractivity contribution >= 4 is 63.1 Å². The molecule has 3 aliphatic rings. The average Bonchev–Trinajstić information content (AvgIpc) is 3.51. The number of amides is 3. The predicted octanol–water partition coefficient (Wildman–Crippen LogP) is 0.853. The Morgan fingerprint density at radius 3 is 2.29 bits per heavy atom. The van der Waals surface area contributed by atoms with Crippen LogP contribution in [0.5, 0.6) is 0 Å². The minimum atomic E-state index is -4.30. The fourth-order valence-electron chi connectivity index (χ4n) is 5.34. The molecule has 34 heavy (non-hydrogen) atoms. The average molecular weight is 497 g/mol. The van der Waals surface area contributed by atoms with Gasteiger partial charge < -0.3 is 10.2 Å². The number of benzene rings is 1. The van der Waals surface area contributed by atoms with E-state index in [2.05, 4.69) is 21.2 Å².